The van der Waals surface area contributed by atoms with Crippen LogP contribution in [-0.2, 0) is 6.54 Å². The zero-order valence-electron chi connectivity index (χ0n) is 15.4. The number of hydrogen-bond acceptors (Lipinski definition) is 4. The zero-order valence-corrected chi connectivity index (χ0v) is 15.4. The fourth-order valence-corrected chi connectivity index (χ4v) is 3.39. The normalized spacial score (nSPS) is 14.1. The molecule has 3 N–H and O–H groups in total. The Kier molecular flexibility index (Phi) is 5.34. The molecule has 1 amide bonds. The maximum atomic E-state index is 13.9. The van der Waals surface area contributed by atoms with Gasteiger partial charge in [0.2, 0.25) is 0 Å². The van der Waals surface area contributed by atoms with Gasteiger partial charge in [-0.05, 0) is 29.8 Å². The van der Waals surface area contributed by atoms with Crippen molar-refractivity contribution in [1.29, 1.82) is 0 Å². The van der Waals surface area contributed by atoms with Gasteiger partial charge in [-0.2, -0.15) is 5.10 Å². The van der Waals surface area contributed by atoms with Gasteiger partial charge in [-0.25, -0.2) is 4.39 Å². The van der Waals surface area contributed by atoms with E-state index < -0.39 is 0 Å². The predicted octanol–water partition coefficient (Wildman–Crippen LogP) is 2.56. The van der Waals surface area contributed by atoms with Gasteiger partial charge in [0, 0.05) is 44.0 Å². The summed E-state index contributed by atoms with van der Waals surface area (Å²) < 4.78 is 13.9. The minimum atomic E-state index is -0.370. The quantitative estimate of drug-likeness (QED) is 0.637. The number of piperazine rings is 1. The summed E-state index contributed by atoms with van der Waals surface area (Å²) in [5.74, 6) is -0.642. The maximum Gasteiger partial charge on any atom is 0.269 e. The third kappa shape index (κ3) is 3.89. The average Bonchev–Trinajstić information content (AvgIpc) is 3.23. The fraction of sp³-hybridized carbons (Fsp3) is 0.238. The summed E-state index contributed by atoms with van der Waals surface area (Å²) in [6.07, 6.45) is 0. The van der Waals surface area contributed by atoms with E-state index in [2.05, 4.69) is 31.8 Å². The van der Waals surface area contributed by atoms with Crippen LogP contribution in [0.2, 0.25) is 0 Å². The Morgan fingerprint density at radius 3 is 2.68 bits per heavy atom. The minimum absolute atomic E-state index is 0.273. The molecule has 3 aromatic rings. The Morgan fingerprint density at radius 1 is 1.11 bits per heavy atom. The van der Waals surface area contributed by atoms with Crippen molar-refractivity contribution in [3.05, 3.63) is 71.7 Å². The molecule has 1 aromatic heterocycles. The van der Waals surface area contributed by atoms with Crippen LogP contribution < -0.4 is 15.5 Å². The molecule has 1 fully saturated rings. The Balaban J connectivity index is 1.45. The van der Waals surface area contributed by atoms with Crippen LogP contribution in [0.4, 0.5) is 10.1 Å². The topological polar surface area (TPSA) is 73.1 Å². The standard InChI is InChI=1S/C21H22FN5O/c22-17-7-3-2-6-16(17)18-13-19(26-25-18)21(28)24-14-15-5-1-4-8-20(15)27-11-9-23-10-12-27/h1-8,13,23H,9-12,14H2,(H,24,28)(H,25,26). The smallest absolute Gasteiger partial charge is 0.269 e. The first-order chi connectivity index (χ1) is 13.7. The molecule has 1 aliphatic rings. The van der Waals surface area contributed by atoms with E-state index in [1.807, 2.05) is 18.2 Å². The van der Waals surface area contributed by atoms with E-state index in [0.717, 1.165) is 37.4 Å². The first kappa shape index (κ1) is 18.2. The molecule has 28 heavy (non-hydrogen) atoms. The van der Waals surface area contributed by atoms with Crippen molar-refractivity contribution < 1.29 is 9.18 Å². The third-order valence-electron chi connectivity index (χ3n) is 4.86. The summed E-state index contributed by atoms with van der Waals surface area (Å²) in [5, 5.41) is 13.0. The van der Waals surface area contributed by atoms with Crippen molar-refractivity contribution in [2.24, 2.45) is 0 Å². The highest BCUT2D eigenvalue weighted by Gasteiger charge is 2.16. The van der Waals surface area contributed by atoms with Crippen molar-refractivity contribution in [3.8, 4) is 11.3 Å². The van der Waals surface area contributed by atoms with E-state index in [9.17, 15) is 9.18 Å². The van der Waals surface area contributed by atoms with Crippen molar-refractivity contribution >= 4 is 11.6 Å². The molecular weight excluding hydrogens is 357 g/mol. The fourth-order valence-electron chi connectivity index (χ4n) is 3.39. The Labute approximate surface area is 162 Å². The summed E-state index contributed by atoms with van der Waals surface area (Å²) in [6, 6.07) is 16.0. The molecule has 0 saturated carbocycles. The minimum Gasteiger partial charge on any atom is -0.369 e. The summed E-state index contributed by atoms with van der Waals surface area (Å²) in [6.45, 7) is 4.20. The van der Waals surface area contributed by atoms with Crippen LogP contribution in [0.5, 0.6) is 0 Å². The van der Waals surface area contributed by atoms with E-state index in [1.165, 1.54) is 6.07 Å². The Hall–Kier alpha value is -3.19. The maximum absolute atomic E-state index is 13.9. The van der Waals surface area contributed by atoms with Gasteiger partial charge in [-0.3, -0.25) is 9.89 Å². The lowest BCUT2D eigenvalue weighted by molar-refractivity contribution is 0.0946. The molecule has 0 radical (unpaired) electrons. The van der Waals surface area contributed by atoms with Gasteiger partial charge in [0.15, 0.2) is 0 Å². The number of para-hydroxylation sites is 1. The number of nitrogens with zero attached hydrogens (tertiary/aromatic N) is 2. The van der Waals surface area contributed by atoms with Crippen LogP contribution >= 0.6 is 0 Å². The molecular formula is C21H22FN5O. The van der Waals surface area contributed by atoms with Crippen LogP contribution in [0.3, 0.4) is 0 Å². The largest absolute Gasteiger partial charge is 0.369 e. The van der Waals surface area contributed by atoms with Gasteiger partial charge >= 0.3 is 0 Å². The van der Waals surface area contributed by atoms with Gasteiger partial charge in [-0.1, -0.05) is 30.3 Å². The molecule has 6 nitrogen and oxygen atoms in total. The summed E-state index contributed by atoms with van der Waals surface area (Å²) in [4.78, 5) is 14.9. The number of nitrogens with one attached hydrogen (secondary N) is 3. The zero-order chi connectivity index (χ0) is 19.3. The number of H-pyrrole nitrogens is 1. The first-order valence-electron chi connectivity index (χ1n) is 9.34. The predicted molar refractivity (Wildman–Crippen MR) is 107 cm³/mol. The molecule has 4 rings (SSSR count). The van der Waals surface area contributed by atoms with Crippen molar-refractivity contribution in [2.75, 3.05) is 31.1 Å². The van der Waals surface area contributed by atoms with Crippen LogP contribution in [0.15, 0.2) is 54.6 Å². The number of rotatable bonds is 5. The average molecular weight is 379 g/mol. The number of benzene rings is 2. The summed E-state index contributed by atoms with van der Waals surface area (Å²) >= 11 is 0. The number of aromatic amines is 1. The molecule has 1 aliphatic heterocycles. The molecule has 144 valence electrons. The van der Waals surface area contributed by atoms with E-state index >= 15 is 0 Å². The Bertz CT molecular complexity index is 965. The second kappa shape index (κ2) is 8.22. The summed E-state index contributed by atoms with van der Waals surface area (Å²) in [7, 11) is 0. The molecule has 7 heteroatoms. The highest BCUT2D eigenvalue weighted by atomic mass is 19.1. The number of halogens is 1. The van der Waals surface area contributed by atoms with Gasteiger partial charge < -0.3 is 15.5 Å². The van der Waals surface area contributed by atoms with Crippen LogP contribution in [0.1, 0.15) is 16.1 Å². The molecule has 2 aromatic carbocycles. The Morgan fingerprint density at radius 2 is 1.86 bits per heavy atom. The number of carbonyl (C=O) groups is 1. The van der Waals surface area contributed by atoms with E-state index in [1.54, 1.807) is 24.3 Å². The van der Waals surface area contributed by atoms with Gasteiger partial charge in [0.1, 0.15) is 11.5 Å². The monoisotopic (exact) mass is 379 g/mol. The molecule has 0 spiro atoms. The van der Waals surface area contributed by atoms with Gasteiger partial charge in [0.25, 0.3) is 5.91 Å². The van der Waals surface area contributed by atoms with Crippen molar-refractivity contribution in [3.63, 3.8) is 0 Å². The highest BCUT2D eigenvalue weighted by Crippen LogP contribution is 2.22. The molecule has 2 heterocycles. The lowest BCUT2D eigenvalue weighted by atomic mass is 10.1. The second-order valence-corrected chi connectivity index (χ2v) is 6.70. The molecule has 0 aliphatic carbocycles. The van der Waals surface area contributed by atoms with Crippen molar-refractivity contribution in [2.45, 2.75) is 6.54 Å². The molecule has 0 unspecified atom stereocenters. The van der Waals surface area contributed by atoms with E-state index in [4.69, 9.17) is 0 Å². The van der Waals surface area contributed by atoms with Crippen LogP contribution in [-0.4, -0.2) is 42.3 Å². The van der Waals surface area contributed by atoms with Crippen LogP contribution in [0.25, 0.3) is 11.3 Å². The highest BCUT2D eigenvalue weighted by molar-refractivity contribution is 5.93. The SMILES string of the molecule is O=C(NCc1ccccc1N1CCNCC1)c1cc(-c2ccccc2F)n[nH]1. The van der Waals surface area contributed by atoms with Crippen LogP contribution in [0, 0.1) is 5.82 Å². The number of carbonyl (C=O) groups excluding carboxylic acids is 1. The molecule has 1 saturated heterocycles. The molecule has 0 atom stereocenters. The van der Waals surface area contributed by atoms with Gasteiger partial charge in [-0.15, -0.1) is 0 Å². The number of amides is 1. The van der Waals surface area contributed by atoms with E-state index in [0.29, 0.717) is 23.5 Å². The number of anilines is 1. The number of aromatic nitrogens is 2. The number of hydrogen-bond donors (Lipinski definition) is 3. The molecule has 0 bridgehead atoms. The lowest BCUT2D eigenvalue weighted by Crippen LogP contribution is -2.44. The van der Waals surface area contributed by atoms with E-state index in [-0.39, 0.29) is 11.7 Å². The summed E-state index contributed by atoms with van der Waals surface area (Å²) in [5.41, 5.74) is 3.27. The van der Waals surface area contributed by atoms with Gasteiger partial charge in [0.05, 0.1) is 5.69 Å². The van der Waals surface area contributed by atoms with Crippen molar-refractivity contribution in [1.82, 2.24) is 20.8 Å². The third-order valence-corrected chi connectivity index (χ3v) is 4.86. The lowest BCUT2D eigenvalue weighted by Gasteiger charge is -2.31. The second-order valence-electron chi connectivity index (χ2n) is 6.70. The first-order valence-corrected chi connectivity index (χ1v) is 9.34.